The Balaban J connectivity index is 1.99. The van der Waals surface area contributed by atoms with Crippen LogP contribution in [0.25, 0.3) is 37.4 Å². The van der Waals surface area contributed by atoms with Crippen molar-refractivity contribution in [3.05, 3.63) is 105 Å². The monoisotopic (exact) mass is 400 g/mol. The summed E-state index contributed by atoms with van der Waals surface area (Å²) in [4.78, 5) is 31.6. The molecule has 5 aromatic rings. The summed E-state index contributed by atoms with van der Waals surface area (Å²) in [7, 11) is 0. The van der Waals surface area contributed by atoms with Gasteiger partial charge in [-0.15, -0.1) is 11.3 Å². The third-order valence-electron chi connectivity index (χ3n) is 4.71. The van der Waals surface area contributed by atoms with E-state index in [4.69, 9.17) is 0 Å². The molecule has 0 aliphatic heterocycles. The molecule has 29 heavy (non-hydrogen) atoms. The summed E-state index contributed by atoms with van der Waals surface area (Å²) >= 11 is 1.30. The SMILES string of the molecule is O=c1c2ccccc2sc2nc(-c3ccccc3)n(-c3cccc(F)c3)c(=O)c12. The highest BCUT2D eigenvalue weighted by Gasteiger charge is 2.18. The molecule has 6 heteroatoms. The van der Waals surface area contributed by atoms with Crippen molar-refractivity contribution in [3.63, 3.8) is 0 Å². The molecule has 5 rings (SSSR count). The molecule has 0 spiro atoms. The molecule has 0 aliphatic carbocycles. The average Bonchev–Trinajstić information content (AvgIpc) is 2.74. The fraction of sp³-hybridized carbons (Fsp3) is 0. The van der Waals surface area contributed by atoms with E-state index in [9.17, 15) is 14.0 Å². The Morgan fingerprint density at radius 1 is 0.862 bits per heavy atom. The fourth-order valence-electron chi connectivity index (χ4n) is 3.39. The second-order valence-electron chi connectivity index (χ2n) is 6.53. The van der Waals surface area contributed by atoms with Crippen LogP contribution >= 0.6 is 11.3 Å². The van der Waals surface area contributed by atoms with Crippen molar-refractivity contribution in [2.45, 2.75) is 0 Å². The van der Waals surface area contributed by atoms with E-state index in [1.54, 1.807) is 18.2 Å². The fourth-order valence-corrected chi connectivity index (χ4v) is 4.43. The molecule has 0 fully saturated rings. The average molecular weight is 400 g/mol. The molecule has 0 radical (unpaired) electrons. The maximum absolute atomic E-state index is 13.9. The highest BCUT2D eigenvalue weighted by molar-refractivity contribution is 7.24. The largest absolute Gasteiger partial charge is 0.288 e. The first-order valence-corrected chi connectivity index (χ1v) is 9.75. The van der Waals surface area contributed by atoms with Crippen LogP contribution < -0.4 is 11.0 Å². The van der Waals surface area contributed by atoms with Crippen LogP contribution in [0.4, 0.5) is 4.39 Å². The van der Waals surface area contributed by atoms with Crippen molar-refractivity contribution in [2.75, 3.05) is 0 Å². The summed E-state index contributed by atoms with van der Waals surface area (Å²) in [6.45, 7) is 0. The number of fused-ring (bicyclic) bond motifs is 2. The van der Waals surface area contributed by atoms with Crippen LogP contribution in [0.15, 0.2) is 88.5 Å². The topological polar surface area (TPSA) is 52.0 Å². The van der Waals surface area contributed by atoms with Crippen LogP contribution in [0.5, 0.6) is 0 Å². The van der Waals surface area contributed by atoms with E-state index in [-0.39, 0.29) is 10.8 Å². The van der Waals surface area contributed by atoms with Gasteiger partial charge in [-0.05, 0) is 30.3 Å². The Morgan fingerprint density at radius 2 is 1.62 bits per heavy atom. The number of hydrogen-bond donors (Lipinski definition) is 0. The number of benzene rings is 3. The zero-order valence-electron chi connectivity index (χ0n) is 15.0. The van der Waals surface area contributed by atoms with Crippen molar-refractivity contribution >= 4 is 31.6 Å². The van der Waals surface area contributed by atoms with Gasteiger partial charge in [0, 0.05) is 15.6 Å². The molecule has 0 atom stereocenters. The van der Waals surface area contributed by atoms with Gasteiger partial charge in [-0.3, -0.25) is 14.2 Å². The van der Waals surface area contributed by atoms with E-state index >= 15 is 0 Å². The molecular formula is C23H13FN2O2S. The molecule has 140 valence electrons. The number of halogens is 1. The summed E-state index contributed by atoms with van der Waals surface area (Å²) in [5.74, 6) is -0.114. The second kappa shape index (κ2) is 6.76. The van der Waals surface area contributed by atoms with Gasteiger partial charge < -0.3 is 0 Å². The zero-order valence-corrected chi connectivity index (χ0v) is 15.8. The maximum Gasteiger partial charge on any atom is 0.271 e. The summed E-state index contributed by atoms with van der Waals surface area (Å²) in [6, 6.07) is 22.0. The standard InChI is InChI=1S/C23H13FN2O2S/c24-15-9-6-10-16(13-15)26-21(14-7-2-1-3-8-14)25-22-19(23(26)28)20(27)17-11-4-5-12-18(17)29-22/h1-13H. The molecule has 0 saturated carbocycles. The Morgan fingerprint density at radius 3 is 2.41 bits per heavy atom. The van der Waals surface area contributed by atoms with Gasteiger partial charge in [0.05, 0.1) is 5.69 Å². The number of nitrogens with zero attached hydrogens (tertiary/aromatic N) is 2. The van der Waals surface area contributed by atoms with Crippen molar-refractivity contribution in [1.82, 2.24) is 9.55 Å². The van der Waals surface area contributed by atoms with Crippen molar-refractivity contribution in [3.8, 4) is 17.1 Å². The first kappa shape index (κ1) is 17.5. The number of hydrogen-bond acceptors (Lipinski definition) is 4. The molecule has 0 bridgehead atoms. The van der Waals surface area contributed by atoms with Crippen molar-refractivity contribution < 1.29 is 4.39 Å². The lowest BCUT2D eigenvalue weighted by atomic mass is 10.1. The molecule has 0 saturated heterocycles. The van der Waals surface area contributed by atoms with Gasteiger partial charge in [-0.1, -0.05) is 48.5 Å². The van der Waals surface area contributed by atoms with Gasteiger partial charge in [0.1, 0.15) is 21.9 Å². The Bertz CT molecular complexity index is 1510. The molecule has 0 amide bonds. The van der Waals surface area contributed by atoms with Gasteiger partial charge in [0.2, 0.25) is 5.43 Å². The first-order chi connectivity index (χ1) is 14.1. The minimum absolute atomic E-state index is 0.0117. The Hall–Kier alpha value is -3.64. The minimum Gasteiger partial charge on any atom is -0.288 e. The van der Waals surface area contributed by atoms with Gasteiger partial charge in [-0.2, -0.15) is 0 Å². The molecule has 4 nitrogen and oxygen atoms in total. The van der Waals surface area contributed by atoms with Gasteiger partial charge in [0.25, 0.3) is 5.56 Å². The van der Waals surface area contributed by atoms with Crippen LogP contribution in [-0.4, -0.2) is 9.55 Å². The van der Waals surface area contributed by atoms with Crippen LogP contribution in [0, 0.1) is 5.82 Å². The lowest BCUT2D eigenvalue weighted by Gasteiger charge is -2.14. The van der Waals surface area contributed by atoms with Crippen LogP contribution in [0.3, 0.4) is 0 Å². The van der Waals surface area contributed by atoms with Gasteiger partial charge in [-0.25, -0.2) is 9.37 Å². The van der Waals surface area contributed by atoms with Crippen molar-refractivity contribution in [1.29, 1.82) is 0 Å². The van der Waals surface area contributed by atoms with E-state index in [2.05, 4.69) is 4.98 Å². The lowest BCUT2D eigenvalue weighted by molar-refractivity contribution is 0.626. The Kier molecular flexibility index (Phi) is 4.07. The predicted molar refractivity (Wildman–Crippen MR) is 114 cm³/mol. The summed E-state index contributed by atoms with van der Waals surface area (Å²) in [5, 5.41) is 0.486. The van der Waals surface area contributed by atoms with Crippen LogP contribution in [0.1, 0.15) is 0 Å². The summed E-state index contributed by atoms with van der Waals surface area (Å²) in [5.41, 5.74) is 0.146. The molecule has 3 aromatic carbocycles. The second-order valence-corrected chi connectivity index (χ2v) is 7.56. The third-order valence-corrected chi connectivity index (χ3v) is 5.78. The number of rotatable bonds is 2. The molecule has 0 N–H and O–H groups in total. The first-order valence-electron chi connectivity index (χ1n) is 8.93. The van der Waals surface area contributed by atoms with E-state index in [1.807, 2.05) is 42.5 Å². The van der Waals surface area contributed by atoms with E-state index in [0.717, 1.165) is 4.70 Å². The van der Waals surface area contributed by atoms with Gasteiger partial charge in [0.15, 0.2) is 0 Å². The minimum atomic E-state index is -0.508. The molecule has 0 aliphatic rings. The van der Waals surface area contributed by atoms with E-state index in [1.165, 1.54) is 34.1 Å². The maximum atomic E-state index is 13.9. The van der Waals surface area contributed by atoms with E-state index in [0.29, 0.717) is 27.3 Å². The van der Waals surface area contributed by atoms with Crippen LogP contribution in [0.2, 0.25) is 0 Å². The molecular weight excluding hydrogens is 387 g/mol. The normalized spacial score (nSPS) is 11.2. The van der Waals surface area contributed by atoms with Crippen LogP contribution in [-0.2, 0) is 0 Å². The predicted octanol–water partition coefficient (Wildman–Crippen LogP) is 4.77. The van der Waals surface area contributed by atoms with E-state index < -0.39 is 11.4 Å². The molecule has 2 heterocycles. The van der Waals surface area contributed by atoms with Crippen molar-refractivity contribution in [2.24, 2.45) is 0 Å². The smallest absolute Gasteiger partial charge is 0.271 e. The number of aromatic nitrogens is 2. The zero-order chi connectivity index (χ0) is 20.0. The summed E-state index contributed by atoms with van der Waals surface area (Å²) < 4.78 is 16.0. The third kappa shape index (κ3) is 2.85. The quantitative estimate of drug-likeness (QED) is 0.401. The molecule has 2 aromatic heterocycles. The highest BCUT2D eigenvalue weighted by atomic mass is 32.1. The summed E-state index contributed by atoms with van der Waals surface area (Å²) in [6.07, 6.45) is 0. The Labute approximate surface area is 168 Å². The lowest BCUT2D eigenvalue weighted by Crippen LogP contribution is -2.26. The highest BCUT2D eigenvalue weighted by Crippen LogP contribution is 2.26. The molecule has 0 unspecified atom stereocenters. The van der Waals surface area contributed by atoms with Gasteiger partial charge >= 0.3 is 0 Å².